The van der Waals surface area contributed by atoms with Gasteiger partial charge in [-0.1, -0.05) is 24.8 Å². The second-order valence-electron chi connectivity index (χ2n) is 3.82. The van der Waals surface area contributed by atoms with Gasteiger partial charge in [0.05, 0.1) is 0 Å². The number of carbonyl (C=O) groups excluding carboxylic acids is 1. The van der Waals surface area contributed by atoms with E-state index in [0.29, 0.717) is 5.70 Å². The standard InChI is InChI=1S/C13H13NO/c1-8-4-5-11(6-9(8)2)12-7-13(15)14-10(12)3/h4-7H,3H2,1-2H3,(H,14,15). The van der Waals surface area contributed by atoms with Gasteiger partial charge in [-0.05, 0) is 30.5 Å². The predicted octanol–water partition coefficient (Wildman–Crippen LogP) is 2.33. The molecule has 2 nitrogen and oxygen atoms in total. The summed E-state index contributed by atoms with van der Waals surface area (Å²) >= 11 is 0. The molecule has 1 amide bonds. The molecule has 0 atom stereocenters. The number of nitrogens with one attached hydrogen (secondary N) is 1. The van der Waals surface area contributed by atoms with Gasteiger partial charge in [0.2, 0.25) is 5.91 Å². The fourth-order valence-corrected chi connectivity index (χ4v) is 1.64. The molecular formula is C13H13NO. The second-order valence-corrected chi connectivity index (χ2v) is 3.82. The summed E-state index contributed by atoms with van der Waals surface area (Å²) in [7, 11) is 0. The van der Waals surface area contributed by atoms with Gasteiger partial charge in [0.25, 0.3) is 0 Å². The van der Waals surface area contributed by atoms with Crippen LogP contribution in [0.5, 0.6) is 0 Å². The number of allylic oxidation sites excluding steroid dienone is 1. The molecule has 0 saturated heterocycles. The zero-order valence-electron chi connectivity index (χ0n) is 8.92. The Morgan fingerprint density at radius 3 is 2.47 bits per heavy atom. The van der Waals surface area contributed by atoms with Gasteiger partial charge in [0.15, 0.2) is 0 Å². The van der Waals surface area contributed by atoms with E-state index in [2.05, 4.69) is 37.9 Å². The van der Waals surface area contributed by atoms with E-state index in [1.807, 2.05) is 6.07 Å². The maximum absolute atomic E-state index is 11.1. The molecule has 1 aromatic carbocycles. The van der Waals surface area contributed by atoms with Crippen molar-refractivity contribution >= 4 is 11.5 Å². The van der Waals surface area contributed by atoms with Crippen LogP contribution in [0, 0.1) is 13.8 Å². The van der Waals surface area contributed by atoms with Crippen LogP contribution in [0.3, 0.4) is 0 Å². The average molecular weight is 199 g/mol. The fraction of sp³-hybridized carbons (Fsp3) is 0.154. The highest BCUT2D eigenvalue weighted by Gasteiger charge is 2.16. The van der Waals surface area contributed by atoms with Crippen LogP contribution in [0.2, 0.25) is 0 Å². The lowest BCUT2D eigenvalue weighted by molar-refractivity contribution is -0.115. The van der Waals surface area contributed by atoms with Gasteiger partial charge in [0.1, 0.15) is 0 Å². The van der Waals surface area contributed by atoms with Crippen LogP contribution in [-0.4, -0.2) is 5.91 Å². The van der Waals surface area contributed by atoms with Gasteiger partial charge in [-0.25, -0.2) is 0 Å². The molecule has 0 unspecified atom stereocenters. The van der Waals surface area contributed by atoms with Crippen molar-refractivity contribution in [3.05, 3.63) is 53.2 Å². The highest BCUT2D eigenvalue weighted by molar-refractivity contribution is 6.06. The first kappa shape index (κ1) is 9.71. The molecule has 0 saturated carbocycles. The summed E-state index contributed by atoms with van der Waals surface area (Å²) in [4.78, 5) is 11.1. The quantitative estimate of drug-likeness (QED) is 0.739. The molecule has 1 heterocycles. The van der Waals surface area contributed by atoms with Crippen LogP contribution < -0.4 is 5.32 Å². The maximum atomic E-state index is 11.1. The van der Waals surface area contributed by atoms with E-state index in [-0.39, 0.29) is 5.91 Å². The number of aryl methyl sites for hydroxylation is 2. The van der Waals surface area contributed by atoms with E-state index in [9.17, 15) is 4.79 Å². The Morgan fingerprint density at radius 1 is 1.20 bits per heavy atom. The van der Waals surface area contributed by atoms with Crippen molar-refractivity contribution in [3.8, 4) is 0 Å². The van der Waals surface area contributed by atoms with E-state index in [1.54, 1.807) is 6.08 Å². The predicted molar refractivity (Wildman–Crippen MR) is 61.2 cm³/mol. The van der Waals surface area contributed by atoms with Crippen LogP contribution >= 0.6 is 0 Å². The molecule has 2 heteroatoms. The number of rotatable bonds is 1. The number of amides is 1. The monoisotopic (exact) mass is 199 g/mol. The molecule has 0 aromatic heterocycles. The summed E-state index contributed by atoms with van der Waals surface area (Å²) in [6, 6.07) is 6.15. The van der Waals surface area contributed by atoms with Crippen molar-refractivity contribution in [2.75, 3.05) is 0 Å². The Morgan fingerprint density at radius 2 is 1.93 bits per heavy atom. The number of benzene rings is 1. The minimum Gasteiger partial charge on any atom is -0.322 e. The third kappa shape index (κ3) is 1.71. The third-order valence-corrected chi connectivity index (χ3v) is 2.69. The van der Waals surface area contributed by atoms with Crippen molar-refractivity contribution in [3.63, 3.8) is 0 Å². The van der Waals surface area contributed by atoms with Crippen LogP contribution in [0.4, 0.5) is 0 Å². The third-order valence-electron chi connectivity index (χ3n) is 2.69. The Balaban J connectivity index is 2.47. The molecule has 1 aromatic rings. The zero-order chi connectivity index (χ0) is 11.0. The highest BCUT2D eigenvalue weighted by Crippen LogP contribution is 2.25. The van der Waals surface area contributed by atoms with Crippen LogP contribution in [0.1, 0.15) is 16.7 Å². The van der Waals surface area contributed by atoms with Gasteiger partial charge in [0, 0.05) is 17.3 Å². The summed E-state index contributed by atoms with van der Waals surface area (Å²) < 4.78 is 0. The van der Waals surface area contributed by atoms with Crippen molar-refractivity contribution in [1.82, 2.24) is 5.32 Å². The molecule has 1 aliphatic heterocycles. The summed E-state index contributed by atoms with van der Waals surface area (Å²) in [5, 5.41) is 2.67. The lowest BCUT2D eigenvalue weighted by atomic mass is 10.00. The minimum atomic E-state index is -0.0896. The Kier molecular flexibility index (Phi) is 2.19. The maximum Gasteiger partial charge on any atom is 0.249 e. The van der Waals surface area contributed by atoms with Crippen LogP contribution in [-0.2, 0) is 4.79 Å². The molecule has 15 heavy (non-hydrogen) atoms. The summed E-state index contributed by atoms with van der Waals surface area (Å²) in [6.07, 6.45) is 1.59. The van der Waals surface area contributed by atoms with Gasteiger partial charge in [-0.2, -0.15) is 0 Å². The SMILES string of the molecule is C=C1NC(=O)C=C1c1ccc(C)c(C)c1. The molecule has 0 radical (unpaired) electrons. The van der Waals surface area contributed by atoms with E-state index >= 15 is 0 Å². The normalized spacial score (nSPS) is 15.2. The Labute approximate surface area is 89.3 Å². The first-order valence-corrected chi connectivity index (χ1v) is 4.87. The number of hydrogen-bond acceptors (Lipinski definition) is 1. The Bertz CT molecular complexity index is 483. The van der Waals surface area contributed by atoms with Crippen molar-refractivity contribution in [1.29, 1.82) is 0 Å². The molecule has 1 N–H and O–H groups in total. The van der Waals surface area contributed by atoms with E-state index < -0.39 is 0 Å². The highest BCUT2D eigenvalue weighted by atomic mass is 16.1. The topological polar surface area (TPSA) is 29.1 Å². The first-order chi connectivity index (χ1) is 7.08. The van der Waals surface area contributed by atoms with Crippen LogP contribution in [0.25, 0.3) is 5.57 Å². The molecule has 0 spiro atoms. The second kappa shape index (κ2) is 3.39. The fourth-order valence-electron chi connectivity index (χ4n) is 1.64. The summed E-state index contributed by atoms with van der Waals surface area (Å²) in [5.74, 6) is -0.0896. The summed E-state index contributed by atoms with van der Waals surface area (Å²) in [5.41, 5.74) is 5.09. The first-order valence-electron chi connectivity index (χ1n) is 4.87. The number of carbonyl (C=O) groups is 1. The smallest absolute Gasteiger partial charge is 0.249 e. The van der Waals surface area contributed by atoms with E-state index in [0.717, 1.165) is 11.1 Å². The van der Waals surface area contributed by atoms with Gasteiger partial charge in [-0.3, -0.25) is 4.79 Å². The lowest BCUT2D eigenvalue weighted by Gasteiger charge is -2.06. The van der Waals surface area contributed by atoms with Crippen molar-refractivity contribution < 1.29 is 4.79 Å². The zero-order valence-corrected chi connectivity index (χ0v) is 8.92. The molecule has 0 bridgehead atoms. The lowest BCUT2D eigenvalue weighted by Crippen LogP contribution is -2.12. The van der Waals surface area contributed by atoms with Gasteiger partial charge >= 0.3 is 0 Å². The Hall–Kier alpha value is -1.83. The number of hydrogen-bond donors (Lipinski definition) is 1. The van der Waals surface area contributed by atoms with Gasteiger partial charge < -0.3 is 5.32 Å². The van der Waals surface area contributed by atoms with Crippen LogP contribution in [0.15, 0.2) is 36.6 Å². The van der Waals surface area contributed by atoms with Crippen molar-refractivity contribution in [2.45, 2.75) is 13.8 Å². The minimum absolute atomic E-state index is 0.0896. The average Bonchev–Trinajstić information content (AvgIpc) is 2.50. The molecule has 76 valence electrons. The molecule has 0 aliphatic carbocycles. The molecular weight excluding hydrogens is 186 g/mol. The molecule has 0 fully saturated rings. The van der Waals surface area contributed by atoms with Gasteiger partial charge in [-0.15, -0.1) is 0 Å². The molecule has 2 rings (SSSR count). The molecule has 1 aliphatic rings. The largest absolute Gasteiger partial charge is 0.322 e. The van der Waals surface area contributed by atoms with E-state index in [4.69, 9.17) is 0 Å². The van der Waals surface area contributed by atoms with Crippen molar-refractivity contribution in [2.24, 2.45) is 0 Å². The van der Waals surface area contributed by atoms with E-state index in [1.165, 1.54) is 11.1 Å². The summed E-state index contributed by atoms with van der Waals surface area (Å²) in [6.45, 7) is 7.95.